The molecule has 0 aliphatic rings. The summed E-state index contributed by atoms with van der Waals surface area (Å²) in [6.07, 6.45) is 0. The third-order valence-electron chi connectivity index (χ3n) is 2.65. The Bertz CT molecular complexity index is 667. The Balaban J connectivity index is 1.96. The van der Waals surface area contributed by atoms with Gasteiger partial charge in [-0.25, -0.2) is 8.42 Å². The molecular formula is C14H14ClNO3S. The van der Waals surface area contributed by atoms with Gasteiger partial charge in [0.25, 0.3) is 10.0 Å². The van der Waals surface area contributed by atoms with Crippen LogP contribution in [0, 0.1) is 6.92 Å². The lowest BCUT2D eigenvalue weighted by Gasteiger charge is -2.07. The van der Waals surface area contributed by atoms with Crippen LogP contribution in [-0.2, 0) is 21.5 Å². The molecule has 4 nitrogen and oxygen atoms in total. The number of halogens is 1. The minimum absolute atomic E-state index is 0.127. The number of rotatable bonds is 5. The third kappa shape index (κ3) is 4.05. The highest BCUT2D eigenvalue weighted by atomic mass is 35.5. The van der Waals surface area contributed by atoms with Crippen LogP contribution in [0.1, 0.15) is 11.1 Å². The van der Waals surface area contributed by atoms with Crippen LogP contribution in [0.4, 0.5) is 0 Å². The topological polar surface area (TPSA) is 55.4 Å². The zero-order valence-electron chi connectivity index (χ0n) is 10.8. The van der Waals surface area contributed by atoms with Crippen molar-refractivity contribution < 1.29 is 13.3 Å². The molecule has 0 atom stereocenters. The second kappa shape index (κ2) is 6.37. The Morgan fingerprint density at radius 3 is 2.25 bits per heavy atom. The largest absolute Gasteiger partial charge is 0.282 e. The molecule has 0 unspecified atom stereocenters. The summed E-state index contributed by atoms with van der Waals surface area (Å²) in [6.45, 7) is 2.02. The molecule has 0 aromatic heterocycles. The number of aryl methyl sites for hydroxylation is 1. The number of hydrogen-bond acceptors (Lipinski definition) is 3. The van der Waals surface area contributed by atoms with Crippen molar-refractivity contribution in [1.82, 2.24) is 4.89 Å². The standard InChI is InChI=1S/C14H14ClNO3S/c1-11-2-8-14(9-3-11)20(17,18)16-19-10-12-4-6-13(15)7-5-12/h2-9,16H,10H2,1H3. The van der Waals surface area contributed by atoms with Crippen molar-refractivity contribution in [3.05, 3.63) is 64.7 Å². The molecule has 6 heteroatoms. The van der Waals surface area contributed by atoms with Crippen LogP contribution in [0.15, 0.2) is 53.4 Å². The fourth-order valence-corrected chi connectivity index (χ4v) is 2.47. The van der Waals surface area contributed by atoms with Crippen LogP contribution in [0.2, 0.25) is 5.02 Å². The van der Waals surface area contributed by atoms with Gasteiger partial charge in [-0.3, -0.25) is 4.84 Å². The molecule has 2 aromatic carbocycles. The van der Waals surface area contributed by atoms with Crippen LogP contribution in [0.5, 0.6) is 0 Å². The molecular weight excluding hydrogens is 298 g/mol. The molecule has 0 spiro atoms. The molecule has 0 aliphatic carbocycles. The van der Waals surface area contributed by atoms with E-state index in [1.54, 1.807) is 36.4 Å². The van der Waals surface area contributed by atoms with Crippen molar-refractivity contribution in [1.29, 1.82) is 0 Å². The second-order valence-corrected chi connectivity index (χ2v) is 6.40. The zero-order valence-corrected chi connectivity index (χ0v) is 12.4. The summed E-state index contributed by atoms with van der Waals surface area (Å²) in [4.78, 5) is 7.29. The second-order valence-electron chi connectivity index (χ2n) is 4.31. The van der Waals surface area contributed by atoms with Gasteiger partial charge in [-0.05, 0) is 36.8 Å². The fraction of sp³-hybridized carbons (Fsp3) is 0.143. The van der Waals surface area contributed by atoms with Gasteiger partial charge in [0, 0.05) is 5.02 Å². The summed E-state index contributed by atoms with van der Waals surface area (Å²) < 4.78 is 23.9. The molecule has 0 heterocycles. The zero-order chi connectivity index (χ0) is 14.6. The van der Waals surface area contributed by atoms with Gasteiger partial charge in [-0.15, -0.1) is 0 Å². The molecule has 0 saturated carbocycles. The van der Waals surface area contributed by atoms with Crippen molar-refractivity contribution in [2.75, 3.05) is 0 Å². The average molecular weight is 312 g/mol. The van der Waals surface area contributed by atoms with Crippen LogP contribution in [0.3, 0.4) is 0 Å². The predicted molar refractivity (Wildman–Crippen MR) is 77.7 cm³/mol. The Hall–Kier alpha value is -1.40. The summed E-state index contributed by atoms with van der Waals surface area (Å²) in [6, 6.07) is 13.5. The maximum absolute atomic E-state index is 11.9. The van der Waals surface area contributed by atoms with Crippen molar-refractivity contribution in [2.24, 2.45) is 0 Å². The lowest BCUT2D eigenvalue weighted by atomic mass is 10.2. The minimum atomic E-state index is -3.65. The highest BCUT2D eigenvalue weighted by Gasteiger charge is 2.13. The number of hydrogen-bond donors (Lipinski definition) is 1. The lowest BCUT2D eigenvalue weighted by molar-refractivity contribution is 0.0795. The van der Waals surface area contributed by atoms with E-state index in [4.69, 9.17) is 16.4 Å². The molecule has 0 amide bonds. The molecule has 0 radical (unpaired) electrons. The van der Waals surface area contributed by atoms with Gasteiger partial charge in [-0.1, -0.05) is 46.3 Å². The maximum atomic E-state index is 11.9. The Labute approximate surface area is 123 Å². The predicted octanol–water partition coefficient (Wildman–Crippen LogP) is 3.06. The van der Waals surface area contributed by atoms with E-state index >= 15 is 0 Å². The van der Waals surface area contributed by atoms with E-state index < -0.39 is 10.0 Å². The SMILES string of the molecule is Cc1ccc(S(=O)(=O)NOCc2ccc(Cl)cc2)cc1. The normalized spacial score (nSPS) is 11.5. The highest BCUT2D eigenvalue weighted by Crippen LogP contribution is 2.12. The Morgan fingerprint density at radius 1 is 1.05 bits per heavy atom. The van der Waals surface area contributed by atoms with E-state index in [9.17, 15) is 8.42 Å². The van der Waals surface area contributed by atoms with Crippen molar-refractivity contribution in [3.8, 4) is 0 Å². The number of benzene rings is 2. The molecule has 106 valence electrons. The Morgan fingerprint density at radius 2 is 1.65 bits per heavy atom. The summed E-state index contributed by atoms with van der Waals surface area (Å²) in [5.41, 5.74) is 1.81. The molecule has 2 rings (SSSR count). The molecule has 0 bridgehead atoms. The van der Waals surface area contributed by atoms with Crippen molar-refractivity contribution in [2.45, 2.75) is 18.4 Å². The third-order valence-corrected chi connectivity index (χ3v) is 4.13. The minimum Gasteiger partial charge on any atom is -0.282 e. The Kier molecular flexibility index (Phi) is 4.77. The van der Waals surface area contributed by atoms with E-state index in [0.29, 0.717) is 5.02 Å². The molecule has 1 N–H and O–H groups in total. The van der Waals surface area contributed by atoms with Crippen molar-refractivity contribution in [3.63, 3.8) is 0 Å². The first kappa shape index (κ1) is 15.0. The van der Waals surface area contributed by atoms with Crippen LogP contribution >= 0.6 is 11.6 Å². The molecule has 20 heavy (non-hydrogen) atoms. The summed E-state index contributed by atoms with van der Waals surface area (Å²) in [5, 5.41) is 0.619. The van der Waals surface area contributed by atoms with E-state index in [0.717, 1.165) is 11.1 Å². The molecule has 2 aromatic rings. The fourth-order valence-electron chi connectivity index (χ4n) is 1.54. The van der Waals surface area contributed by atoms with Crippen LogP contribution in [-0.4, -0.2) is 8.42 Å². The van der Waals surface area contributed by atoms with E-state index in [1.165, 1.54) is 12.1 Å². The van der Waals surface area contributed by atoms with Crippen molar-refractivity contribution >= 4 is 21.6 Å². The van der Waals surface area contributed by atoms with Gasteiger partial charge in [0.05, 0.1) is 11.5 Å². The summed E-state index contributed by atoms with van der Waals surface area (Å²) in [7, 11) is -3.65. The first-order chi connectivity index (χ1) is 9.47. The first-order valence-electron chi connectivity index (χ1n) is 5.92. The quantitative estimate of drug-likeness (QED) is 0.863. The smallest absolute Gasteiger partial charge is 0.262 e. The van der Waals surface area contributed by atoms with E-state index in [1.807, 2.05) is 6.92 Å². The number of nitrogens with one attached hydrogen (secondary N) is 1. The monoisotopic (exact) mass is 311 g/mol. The molecule has 0 saturated heterocycles. The average Bonchev–Trinajstić information content (AvgIpc) is 2.41. The van der Waals surface area contributed by atoms with Gasteiger partial charge in [0.15, 0.2) is 0 Å². The number of sulfonamides is 1. The van der Waals surface area contributed by atoms with Gasteiger partial charge in [0.2, 0.25) is 0 Å². The first-order valence-corrected chi connectivity index (χ1v) is 7.78. The van der Waals surface area contributed by atoms with E-state index in [2.05, 4.69) is 4.89 Å². The highest BCUT2D eigenvalue weighted by molar-refractivity contribution is 7.89. The van der Waals surface area contributed by atoms with E-state index in [-0.39, 0.29) is 11.5 Å². The van der Waals surface area contributed by atoms with Crippen LogP contribution in [0.25, 0.3) is 0 Å². The maximum Gasteiger partial charge on any atom is 0.262 e. The molecule has 0 aliphatic heterocycles. The van der Waals surface area contributed by atoms with Crippen LogP contribution < -0.4 is 4.89 Å². The summed E-state index contributed by atoms with van der Waals surface area (Å²) in [5.74, 6) is 0. The lowest BCUT2D eigenvalue weighted by Crippen LogP contribution is -2.23. The van der Waals surface area contributed by atoms with Gasteiger partial charge < -0.3 is 0 Å². The van der Waals surface area contributed by atoms with Gasteiger partial charge in [-0.2, -0.15) is 0 Å². The van der Waals surface area contributed by atoms with Gasteiger partial charge >= 0.3 is 0 Å². The summed E-state index contributed by atoms with van der Waals surface area (Å²) >= 11 is 5.76. The molecule has 0 fully saturated rings. The van der Waals surface area contributed by atoms with Gasteiger partial charge in [0.1, 0.15) is 0 Å².